The van der Waals surface area contributed by atoms with Crippen LogP contribution in [-0.2, 0) is 0 Å². The van der Waals surface area contributed by atoms with E-state index in [2.05, 4.69) is 22.9 Å². The average Bonchev–Trinajstić information content (AvgIpc) is 2.35. The van der Waals surface area contributed by atoms with Gasteiger partial charge >= 0.3 is 0 Å². The van der Waals surface area contributed by atoms with Crippen molar-refractivity contribution in [2.24, 2.45) is 5.92 Å². The topological polar surface area (TPSA) is 20.3 Å². The average molecular weight is 335 g/mol. The van der Waals surface area contributed by atoms with Crippen LogP contribution in [0.5, 0.6) is 0 Å². The Hall–Kier alpha value is -0.610. The number of likely N-dealkylation sites (tertiary alicyclic amines) is 1. The Kier molecular flexibility index (Phi) is 4.28. The highest BCUT2D eigenvalue weighted by Gasteiger charge is 2.28. The van der Waals surface area contributed by atoms with E-state index >= 15 is 0 Å². The Morgan fingerprint density at radius 1 is 1.56 bits per heavy atom. The van der Waals surface area contributed by atoms with Gasteiger partial charge in [-0.05, 0) is 46.5 Å². The van der Waals surface area contributed by atoms with Crippen LogP contribution in [0.4, 0.5) is 4.39 Å². The number of nitrogens with zero attached hydrogens (tertiary/aromatic N) is 1. The van der Waals surface area contributed by atoms with Crippen LogP contribution in [0.2, 0.25) is 0 Å². The van der Waals surface area contributed by atoms with E-state index in [4.69, 9.17) is 11.6 Å². The Balaban J connectivity index is 2.14. The van der Waals surface area contributed by atoms with Crippen molar-refractivity contribution in [3.63, 3.8) is 0 Å². The second-order valence-corrected chi connectivity index (χ2v) is 6.08. The summed E-state index contributed by atoms with van der Waals surface area (Å²) in [5.74, 6) is -0.0297. The van der Waals surface area contributed by atoms with Gasteiger partial charge in [0.25, 0.3) is 5.91 Å². The van der Waals surface area contributed by atoms with Crippen LogP contribution in [0, 0.1) is 11.7 Å². The molecule has 0 saturated carbocycles. The van der Waals surface area contributed by atoms with Gasteiger partial charge in [0.05, 0.1) is 9.85 Å². The van der Waals surface area contributed by atoms with E-state index in [0.29, 0.717) is 29.0 Å². The van der Waals surface area contributed by atoms with Gasteiger partial charge < -0.3 is 4.90 Å². The van der Waals surface area contributed by atoms with Crippen molar-refractivity contribution >= 4 is 33.4 Å². The molecule has 1 aliphatic rings. The second-order valence-electron chi connectivity index (χ2n) is 4.66. The predicted octanol–water partition coefficient (Wildman–Crippen LogP) is 3.68. The number of alkyl halides is 1. The molecule has 2 rings (SSSR count). The minimum absolute atomic E-state index is 0.00779. The Morgan fingerprint density at radius 3 is 2.89 bits per heavy atom. The molecular formula is C13H14BrClFNO. The van der Waals surface area contributed by atoms with E-state index in [0.717, 1.165) is 6.42 Å². The molecule has 2 unspecified atom stereocenters. The third-order valence-electron chi connectivity index (χ3n) is 3.32. The Morgan fingerprint density at radius 2 is 2.28 bits per heavy atom. The first kappa shape index (κ1) is 13.8. The molecule has 1 saturated heterocycles. The maximum Gasteiger partial charge on any atom is 0.253 e. The molecule has 0 bridgehead atoms. The molecule has 18 heavy (non-hydrogen) atoms. The molecule has 0 N–H and O–H groups in total. The summed E-state index contributed by atoms with van der Waals surface area (Å²) in [6.07, 6.45) is 0.905. The molecule has 1 aliphatic heterocycles. The van der Waals surface area contributed by atoms with Crippen LogP contribution in [0.1, 0.15) is 23.7 Å². The molecule has 0 spiro atoms. The number of rotatable bonds is 1. The largest absolute Gasteiger partial charge is 0.337 e. The van der Waals surface area contributed by atoms with E-state index in [1.165, 1.54) is 18.2 Å². The third-order valence-corrected chi connectivity index (χ3v) is 4.50. The number of halogens is 3. The van der Waals surface area contributed by atoms with E-state index in [1.807, 2.05) is 0 Å². The SMILES string of the molecule is CC1CCN(C(=O)c2ccc(F)c(Br)c2)CC1Cl. The first-order chi connectivity index (χ1) is 8.49. The van der Waals surface area contributed by atoms with E-state index in [9.17, 15) is 9.18 Å². The lowest BCUT2D eigenvalue weighted by atomic mass is 9.98. The molecule has 98 valence electrons. The molecule has 1 heterocycles. The summed E-state index contributed by atoms with van der Waals surface area (Å²) < 4.78 is 13.4. The van der Waals surface area contributed by atoms with Crippen molar-refractivity contribution in [1.29, 1.82) is 0 Å². The van der Waals surface area contributed by atoms with Crippen molar-refractivity contribution in [2.45, 2.75) is 18.7 Å². The van der Waals surface area contributed by atoms with Crippen LogP contribution in [-0.4, -0.2) is 29.3 Å². The summed E-state index contributed by atoms with van der Waals surface area (Å²) in [6, 6.07) is 4.31. The Bertz CT molecular complexity index is 468. The highest BCUT2D eigenvalue weighted by Crippen LogP contribution is 2.24. The van der Waals surface area contributed by atoms with Crippen molar-refractivity contribution < 1.29 is 9.18 Å². The van der Waals surface area contributed by atoms with E-state index < -0.39 is 0 Å². The van der Waals surface area contributed by atoms with Gasteiger partial charge in [-0.15, -0.1) is 11.6 Å². The van der Waals surface area contributed by atoms with Crippen LogP contribution in [0.3, 0.4) is 0 Å². The minimum Gasteiger partial charge on any atom is -0.337 e. The molecular weight excluding hydrogens is 321 g/mol. The Labute approximate surface area is 119 Å². The van der Waals surface area contributed by atoms with Gasteiger partial charge in [-0.1, -0.05) is 6.92 Å². The second kappa shape index (κ2) is 5.57. The molecule has 2 atom stereocenters. The van der Waals surface area contributed by atoms with Gasteiger partial charge in [0.2, 0.25) is 0 Å². The van der Waals surface area contributed by atoms with Gasteiger partial charge in [-0.2, -0.15) is 0 Å². The van der Waals surface area contributed by atoms with E-state index in [1.54, 1.807) is 4.90 Å². The van der Waals surface area contributed by atoms with Gasteiger partial charge in [0.1, 0.15) is 5.82 Å². The van der Waals surface area contributed by atoms with Gasteiger partial charge in [-0.3, -0.25) is 4.79 Å². The zero-order chi connectivity index (χ0) is 13.3. The first-order valence-corrected chi connectivity index (χ1v) is 7.10. The zero-order valence-corrected chi connectivity index (χ0v) is 12.3. The summed E-state index contributed by atoms with van der Waals surface area (Å²) in [5, 5.41) is -0.00779. The number of benzene rings is 1. The van der Waals surface area contributed by atoms with Crippen LogP contribution in [0.25, 0.3) is 0 Å². The standard InChI is InChI=1S/C13H14BrClFNO/c1-8-4-5-17(7-11(8)15)13(18)9-2-3-12(16)10(14)6-9/h2-3,6,8,11H,4-5,7H2,1H3. The lowest BCUT2D eigenvalue weighted by molar-refractivity contribution is 0.0701. The monoisotopic (exact) mass is 333 g/mol. The third kappa shape index (κ3) is 2.86. The molecule has 0 radical (unpaired) electrons. The van der Waals surface area contributed by atoms with Crippen LogP contribution in [0.15, 0.2) is 22.7 Å². The molecule has 1 amide bonds. The highest BCUT2D eigenvalue weighted by molar-refractivity contribution is 9.10. The zero-order valence-electron chi connectivity index (χ0n) is 10.00. The van der Waals surface area contributed by atoms with Crippen LogP contribution < -0.4 is 0 Å². The number of carbonyl (C=O) groups excluding carboxylic acids is 1. The lowest BCUT2D eigenvalue weighted by Gasteiger charge is -2.34. The molecule has 5 heteroatoms. The molecule has 1 fully saturated rings. The van der Waals surface area contributed by atoms with Crippen molar-refractivity contribution in [3.05, 3.63) is 34.1 Å². The van der Waals surface area contributed by atoms with Crippen molar-refractivity contribution in [3.8, 4) is 0 Å². The molecule has 1 aromatic rings. The number of piperidine rings is 1. The van der Waals surface area contributed by atoms with Crippen molar-refractivity contribution in [1.82, 2.24) is 4.90 Å². The minimum atomic E-state index is -0.367. The first-order valence-electron chi connectivity index (χ1n) is 5.87. The predicted molar refractivity (Wildman–Crippen MR) is 73.4 cm³/mol. The quantitative estimate of drug-likeness (QED) is 0.718. The highest BCUT2D eigenvalue weighted by atomic mass is 79.9. The molecule has 2 nitrogen and oxygen atoms in total. The summed E-state index contributed by atoms with van der Waals surface area (Å²) in [6.45, 7) is 3.35. The summed E-state index contributed by atoms with van der Waals surface area (Å²) in [7, 11) is 0. The molecule has 1 aromatic carbocycles. The summed E-state index contributed by atoms with van der Waals surface area (Å²) >= 11 is 9.27. The summed E-state index contributed by atoms with van der Waals surface area (Å²) in [4.78, 5) is 14.0. The molecule has 0 aromatic heterocycles. The summed E-state index contributed by atoms with van der Waals surface area (Å²) in [5.41, 5.74) is 0.488. The van der Waals surface area contributed by atoms with Gasteiger partial charge in [-0.25, -0.2) is 4.39 Å². The molecule has 0 aliphatic carbocycles. The smallest absolute Gasteiger partial charge is 0.253 e. The normalized spacial score (nSPS) is 24.1. The van der Waals surface area contributed by atoms with Gasteiger partial charge in [0.15, 0.2) is 0 Å². The number of amides is 1. The number of hydrogen-bond donors (Lipinski definition) is 0. The lowest BCUT2D eigenvalue weighted by Crippen LogP contribution is -2.43. The maximum atomic E-state index is 13.1. The maximum absolute atomic E-state index is 13.1. The fraction of sp³-hybridized carbons (Fsp3) is 0.462. The van der Waals surface area contributed by atoms with E-state index in [-0.39, 0.29) is 17.1 Å². The fourth-order valence-corrected chi connectivity index (χ4v) is 2.69. The van der Waals surface area contributed by atoms with Gasteiger partial charge in [0, 0.05) is 18.7 Å². The number of carbonyl (C=O) groups is 1. The fourth-order valence-electron chi connectivity index (χ4n) is 2.02. The van der Waals surface area contributed by atoms with Crippen LogP contribution >= 0.6 is 27.5 Å². The number of hydrogen-bond acceptors (Lipinski definition) is 1. The van der Waals surface area contributed by atoms with Crippen molar-refractivity contribution in [2.75, 3.05) is 13.1 Å².